The van der Waals surface area contributed by atoms with E-state index in [0.717, 1.165) is 6.42 Å². The molecule has 1 amide bonds. The van der Waals surface area contributed by atoms with Crippen LogP contribution in [0, 0.1) is 13.8 Å². The molecule has 0 heterocycles. The minimum Gasteiger partial charge on any atom is -0.395 e. The van der Waals surface area contributed by atoms with Crippen molar-refractivity contribution in [2.24, 2.45) is 0 Å². The van der Waals surface area contributed by atoms with Crippen LogP contribution in [0.5, 0.6) is 0 Å². The van der Waals surface area contributed by atoms with Crippen LogP contribution in [0.4, 0.5) is 0 Å². The van der Waals surface area contributed by atoms with Gasteiger partial charge >= 0.3 is 0 Å². The third kappa shape index (κ3) is 4.15. The lowest BCUT2D eigenvalue weighted by molar-refractivity contribution is -0.131. The smallest absolute Gasteiger partial charge is 0.222 e. The van der Waals surface area contributed by atoms with Gasteiger partial charge in [0, 0.05) is 19.5 Å². The molecule has 0 radical (unpaired) electrons. The number of aryl methyl sites for hydroxylation is 3. The normalized spacial score (nSPS) is 10.4. The molecule has 0 aliphatic carbocycles. The largest absolute Gasteiger partial charge is 0.395 e. The third-order valence-corrected chi connectivity index (χ3v) is 3.21. The van der Waals surface area contributed by atoms with Crippen molar-refractivity contribution in [3.8, 4) is 0 Å². The van der Waals surface area contributed by atoms with Crippen molar-refractivity contribution in [1.29, 1.82) is 0 Å². The highest BCUT2D eigenvalue weighted by Gasteiger charge is 2.11. The Balaban J connectivity index is 2.56. The van der Waals surface area contributed by atoms with Gasteiger partial charge in [-0.1, -0.05) is 23.8 Å². The van der Waals surface area contributed by atoms with Gasteiger partial charge in [-0.3, -0.25) is 4.79 Å². The number of amides is 1. The van der Waals surface area contributed by atoms with E-state index in [4.69, 9.17) is 5.11 Å². The number of rotatable bonds is 6. The number of hydrogen-bond donors (Lipinski definition) is 1. The number of carbonyl (C=O) groups excluding carboxylic acids is 1. The topological polar surface area (TPSA) is 40.5 Å². The Morgan fingerprint density at radius 3 is 2.61 bits per heavy atom. The van der Waals surface area contributed by atoms with Gasteiger partial charge in [0.05, 0.1) is 6.61 Å². The van der Waals surface area contributed by atoms with Crippen molar-refractivity contribution in [2.75, 3.05) is 19.7 Å². The minimum absolute atomic E-state index is 0.0309. The Morgan fingerprint density at radius 1 is 1.33 bits per heavy atom. The Hall–Kier alpha value is -1.35. The first-order valence-corrected chi connectivity index (χ1v) is 6.53. The standard InChI is InChI=1S/C15H23NO2/c1-4-16(9-10-17)15(18)8-7-14-6-5-12(2)11-13(14)3/h5-6,11,17H,4,7-10H2,1-3H3. The molecular formula is C15H23NO2. The molecule has 0 fully saturated rings. The molecule has 1 aromatic rings. The van der Waals surface area contributed by atoms with E-state index in [-0.39, 0.29) is 12.5 Å². The molecule has 0 bridgehead atoms. The van der Waals surface area contributed by atoms with Crippen molar-refractivity contribution in [3.05, 3.63) is 34.9 Å². The minimum atomic E-state index is 0.0309. The predicted molar refractivity (Wildman–Crippen MR) is 73.6 cm³/mol. The van der Waals surface area contributed by atoms with Crippen LogP contribution in [0.15, 0.2) is 18.2 Å². The first-order chi connectivity index (χ1) is 8.58. The Kier molecular flexibility index (Phi) is 5.86. The quantitative estimate of drug-likeness (QED) is 0.838. The number of hydrogen-bond acceptors (Lipinski definition) is 2. The van der Waals surface area contributed by atoms with Crippen LogP contribution in [-0.4, -0.2) is 35.6 Å². The van der Waals surface area contributed by atoms with E-state index in [1.54, 1.807) is 4.90 Å². The lowest BCUT2D eigenvalue weighted by Gasteiger charge is -2.19. The van der Waals surface area contributed by atoms with E-state index in [1.807, 2.05) is 6.92 Å². The predicted octanol–water partition coefficient (Wildman–Crippen LogP) is 2.08. The number of carbonyl (C=O) groups is 1. The molecule has 0 saturated carbocycles. The molecule has 0 aromatic heterocycles. The van der Waals surface area contributed by atoms with Gasteiger partial charge in [-0.15, -0.1) is 0 Å². The SMILES string of the molecule is CCN(CCO)C(=O)CCc1ccc(C)cc1C. The van der Waals surface area contributed by atoms with Crippen LogP contribution >= 0.6 is 0 Å². The van der Waals surface area contributed by atoms with Gasteiger partial charge in [0.1, 0.15) is 0 Å². The lowest BCUT2D eigenvalue weighted by atomic mass is 10.0. The third-order valence-electron chi connectivity index (χ3n) is 3.21. The number of likely N-dealkylation sites (N-methyl/N-ethyl adjacent to an activating group) is 1. The second-order valence-electron chi connectivity index (χ2n) is 4.63. The molecule has 0 aliphatic rings. The fourth-order valence-corrected chi connectivity index (χ4v) is 2.11. The fourth-order valence-electron chi connectivity index (χ4n) is 2.11. The van der Waals surface area contributed by atoms with Gasteiger partial charge in [-0.25, -0.2) is 0 Å². The van der Waals surface area contributed by atoms with E-state index in [9.17, 15) is 4.79 Å². The number of aliphatic hydroxyl groups excluding tert-OH is 1. The summed E-state index contributed by atoms with van der Waals surface area (Å²) in [5.41, 5.74) is 3.72. The highest BCUT2D eigenvalue weighted by molar-refractivity contribution is 5.76. The molecule has 3 nitrogen and oxygen atoms in total. The van der Waals surface area contributed by atoms with Gasteiger partial charge in [0.15, 0.2) is 0 Å². The van der Waals surface area contributed by atoms with Crippen molar-refractivity contribution >= 4 is 5.91 Å². The summed E-state index contributed by atoms with van der Waals surface area (Å²) in [6.07, 6.45) is 1.28. The second kappa shape index (κ2) is 7.17. The second-order valence-corrected chi connectivity index (χ2v) is 4.63. The maximum Gasteiger partial charge on any atom is 0.222 e. The van der Waals surface area contributed by atoms with Gasteiger partial charge in [0.25, 0.3) is 0 Å². The summed E-state index contributed by atoms with van der Waals surface area (Å²) in [6, 6.07) is 6.32. The number of aliphatic hydroxyl groups is 1. The highest BCUT2D eigenvalue weighted by atomic mass is 16.3. The molecule has 0 atom stereocenters. The molecule has 1 aromatic carbocycles. The number of nitrogens with zero attached hydrogens (tertiary/aromatic N) is 1. The molecule has 0 spiro atoms. The molecule has 1 N–H and O–H groups in total. The molecule has 0 aliphatic heterocycles. The average molecular weight is 249 g/mol. The van der Waals surface area contributed by atoms with Crippen LogP contribution in [0.3, 0.4) is 0 Å². The van der Waals surface area contributed by atoms with Gasteiger partial charge in [-0.05, 0) is 38.3 Å². The average Bonchev–Trinajstić information content (AvgIpc) is 2.34. The van der Waals surface area contributed by atoms with Crippen molar-refractivity contribution < 1.29 is 9.90 Å². The summed E-state index contributed by atoms with van der Waals surface area (Å²) in [7, 11) is 0. The zero-order chi connectivity index (χ0) is 13.5. The summed E-state index contributed by atoms with van der Waals surface area (Å²) in [6.45, 7) is 7.21. The van der Waals surface area contributed by atoms with Crippen LogP contribution in [0.1, 0.15) is 30.0 Å². The zero-order valence-electron chi connectivity index (χ0n) is 11.6. The van der Waals surface area contributed by atoms with E-state index in [2.05, 4.69) is 32.0 Å². The molecule has 18 heavy (non-hydrogen) atoms. The Morgan fingerprint density at radius 2 is 2.06 bits per heavy atom. The van der Waals surface area contributed by atoms with E-state index in [1.165, 1.54) is 16.7 Å². The summed E-state index contributed by atoms with van der Waals surface area (Å²) < 4.78 is 0. The van der Waals surface area contributed by atoms with Crippen LogP contribution in [0.2, 0.25) is 0 Å². The first kappa shape index (κ1) is 14.7. The maximum absolute atomic E-state index is 11.9. The summed E-state index contributed by atoms with van der Waals surface area (Å²) in [5.74, 6) is 0.117. The molecule has 3 heteroatoms. The summed E-state index contributed by atoms with van der Waals surface area (Å²) in [4.78, 5) is 13.6. The van der Waals surface area contributed by atoms with Crippen molar-refractivity contribution in [1.82, 2.24) is 4.90 Å². The van der Waals surface area contributed by atoms with Gasteiger partial charge in [-0.2, -0.15) is 0 Å². The summed E-state index contributed by atoms with van der Waals surface area (Å²) >= 11 is 0. The molecular weight excluding hydrogens is 226 g/mol. The van der Waals surface area contributed by atoms with E-state index >= 15 is 0 Å². The van der Waals surface area contributed by atoms with E-state index < -0.39 is 0 Å². The Bertz CT molecular complexity index is 401. The molecule has 0 unspecified atom stereocenters. The lowest BCUT2D eigenvalue weighted by Crippen LogP contribution is -2.33. The zero-order valence-corrected chi connectivity index (χ0v) is 11.6. The van der Waals surface area contributed by atoms with Gasteiger partial charge in [0.2, 0.25) is 5.91 Å². The molecule has 1 rings (SSSR count). The summed E-state index contributed by atoms with van der Waals surface area (Å²) in [5, 5.41) is 8.88. The van der Waals surface area contributed by atoms with Crippen molar-refractivity contribution in [2.45, 2.75) is 33.6 Å². The number of benzene rings is 1. The molecule has 0 saturated heterocycles. The molecule has 100 valence electrons. The van der Waals surface area contributed by atoms with Crippen LogP contribution in [-0.2, 0) is 11.2 Å². The fraction of sp³-hybridized carbons (Fsp3) is 0.533. The monoisotopic (exact) mass is 249 g/mol. The van der Waals surface area contributed by atoms with Crippen LogP contribution in [0.25, 0.3) is 0 Å². The van der Waals surface area contributed by atoms with Crippen LogP contribution < -0.4 is 0 Å². The van der Waals surface area contributed by atoms with Gasteiger partial charge < -0.3 is 10.0 Å². The maximum atomic E-state index is 11.9. The van der Waals surface area contributed by atoms with Crippen molar-refractivity contribution in [3.63, 3.8) is 0 Å². The van der Waals surface area contributed by atoms with E-state index in [0.29, 0.717) is 19.5 Å². The Labute approximate surface area is 109 Å². The highest BCUT2D eigenvalue weighted by Crippen LogP contribution is 2.13. The first-order valence-electron chi connectivity index (χ1n) is 6.53.